The van der Waals surface area contributed by atoms with Crippen LogP contribution < -0.4 is 5.32 Å². The summed E-state index contributed by atoms with van der Waals surface area (Å²) in [4.78, 5) is 12.7. The number of halogens is 2. The average Bonchev–Trinajstić information content (AvgIpc) is 3.38. The van der Waals surface area contributed by atoms with Gasteiger partial charge in [-0.1, -0.05) is 41.4 Å². The number of carbonyl (C=O) groups is 1. The zero-order valence-electron chi connectivity index (χ0n) is 14.6. The van der Waals surface area contributed by atoms with Gasteiger partial charge >= 0.3 is 0 Å². The van der Waals surface area contributed by atoms with Gasteiger partial charge in [0.1, 0.15) is 5.82 Å². The Labute approximate surface area is 171 Å². The second-order valence-corrected chi connectivity index (χ2v) is 6.83. The number of amides is 1. The second-order valence-electron chi connectivity index (χ2n) is 6.04. The fraction of sp³-hybridized carbons (Fsp3) is 0.0500. The van der Waals surface area contributed by atoms with E-state index in [2.05, 4.69) is 15.5 Å². The topological polar surface area (TPSA) is 64.7 Å². The molecule has 1 N–H and O–H groups in total. The van der Waals surface area contributed by atoms with Gasteiger partial charge in [0, 0.05) is 24.0 Å². The van der Waals surface area contributed by atoms with Crippen LogP contribution in [0.15, 0.2) is 73.2 Å². The SMILES string of the molecule is O=C(Nc1ccnn1Cc1cccc(Cl)c1Cl)c1cccc(-n2cccn2)c1. The number of anilines is 1. The van der Waals surface area contributed by atoms with Crippen LogP contribution in [0.25, 0.3) is 5.69 Å². The van der Waals surface area contributed by atoms with Crippen LogP contribution in [0.2, 0.25) is 10.0 Å². The van der Waals surface area contributed by atoms with Crippen LogP contribution in [0.3, 0.4) is 0 Å². The third kappa shape index (κ3) is 3.78. The van der Waals surface area contributed by atoms with E-state index in [0.29, 0.717) is 28.0 Å². The minimum absolute atomic E-state index is 0.243. The van der Waals surface area contributed by atoms with Crippen LogP contribution in [0.5, 0.6) is 0 Å². The largest absolute Gasteiger partial charge is 0.307 e. The first kappa shape index (κ1) is 18.3. The summed E-state index contributed by atoms with van der Waals surface area (Å²) >= 11 is 12.3. The molecule has 0 fully saturated rings. The maximum atomic E-state index is 12.7. The van der Waals surface area contributed by atoms with Gasteiger partial charge in [-0.3, -0.25) is 4.79 Å². The molecular formula is C20H15Cl2N5O. The molecule has 2 aromatic heterocycles. The van der Waals surface area contributed by atoms with Crippen molar-refractivity contribution in [3.8, 4) is 5.69 Å². The smallest absolute Gasteiger partial charge is 0.256 e. The average molecular weight is 412 g/mol. The lowest BCUT2D eigenvalue weighted by Gasteiger charge is -2.11. The van der Waals surface area contributed by atoms with E-state index in [9.17, 15) is 4.79 Å². The van der Waals surface area contributed by atoms with Gasteiger partial charge in [0.05, 0.1) is 28.5 Å². The number of nitrogens with zero attached hydrogens (tertiary/aromatic N) is 4. The van der Waals surface area contributed by atoms with E-state index in [1.165, 1.54) is 0 Å². The van der Waals surface area contributed by atoms with Crippen molar-refractivity contribution in [3.63, 3.8) is 0 Å². The van der Waals surface area contributed by atoms with Gasteiger partial charge in [-0.25, -0.2) is 9.36 Å². The number of benzene rings is 2. The van der Waals surface area contributed by atoms with E-state index in [4.69, 9.17) is 23.2 Å². The molecule has 0 spiro atoms. The summed E-state index contributed by atoms with van der Waals surface area (Å²) in [6.45, 7) is 0.384. The first-order chi connectivity index (χ1) is 13.6. The molecular weight excluding hydrogens is 397 g/mol. The Kier molecular flexibility index (Phi) is 5.14. The monoisotopic (exact) mass is 411 g/mol. The highest BCUT2D eigenvalue weighted by atomic mass is 35.5. The molecule has 6 nitrogen and oxygen atoms in total. The summed E-state index contributed by atoms with van der Waals surface area (Å²) in [5.74, 6) is 0.318. The number of hydrogen-bond acceptors (Lipinski definition) is 3. The van der Waals surface area contributed by atoms with Crippen molar-refractivity contribution in [2.24, 2.45) is 0 Å². The van der Waals surface area contributed by atoms with Crippen molar-refractivity contribution in [3.05, 3.63) is 94.4 Å². The Hall–Kier alpha value is -3.09. The van der Waals surface area contributed by atoms with Gasteiger partial charge < -0.3 is 5.32 Å². The Balaban J connectivity index is 1.54. The predicted octanol–water partition coefficient (Wildman–Crippen LogP) is 4.68. The number of carbonyl (C=O) groups excluding carboxylic acids is 1. The molecule has 8 heteroatoms. The van der Waals surface area contributed by atoms with Crippen molar-refractivity contribution in [1.82, 2.24) is 19.6 Å². The number of aromatic nitrogens is 4. The van der Waals surface area contributed by atoms with Crippen LogP contribution in [-0.2, 0) is 6.54 Å². The minimum Gasteiger partial charge on any atom is -0.307 e. The van der Waals surface area contributed by atoms with Crippen LogP contribution >= 0.6 is 23.2 Å². The van der Waals surface area contributed by atoms with E-state index in [1.54, 1.807) is 46.0 Å². The molecule has 4 rings (SSSR count). The number of rotatable bonds is 5. The molecule has 140 valence electrons. The molecule has 0 aliphatic carbocycles. The molecule has 0 aliphatic rings. The van der Waals surface area contributed by atoms with Crippen molar-refractivity contribution in [2.75, 3.05) is 5.32 Å². The number of hydrogen-bond donors (Lipinski definition) is 1. The lowest BCUT2D eigenvalue weighted by molar-refractivity contribution is 0.102. The summed E-state index contributed by atoms with van der Waals surface area (Å²) in [6, 6.07) is 16.2. The summed E-state index contributed by atoms with van der Waals surface area (Å²) in [6.07, 6.45) is 5.13. The fourth-order valence-electron chi connectivity index (χ4n) is 2.80. The number of nitrogens with one attached hydrogen (secondary N) is 1. The molecule has 2 aromatic carbocycles. The van der Waals surface area contributed by atoms with Gasteiger partial charge in [0.15, 0.2) is 0 Å². The maximum Gasteiger partial charge on any atom is 0.256 e. The highest BCUT2D eigenvalue weighted by Crippen LogP contribution is 2.26. The standard InChI is InChI=1S/C20H15Cl2N5O/c21-17-7-2-5-15(19(17)22)13-27-18(8-10-24-27)25-20(28)14-4-1-6-16(12-14)26-11-3-9-23-26/h1-12H,13H2,(H,25,28). The summed E-state index contributed by atoms with van der Waals surface area (Å²) < 4.78 is 3.36. The molecule has 4 aromatic rings. The third-order valence-corrected chi connectivity index (χ3v) is 5.05. The lowest BCUT2D eigenvalue weighted by atomic mass is 10.2. The highest BCUT2D eigenvalue weighted by Gasteiger charge is 2.13. The molecule has 0 atom stereocenters. The van der Waals surface area contributed by atoms with Crippen LogP contribution in [-0.4, -0.2) is 25.5 Å². The van der Waals surface area contributed by atoms with Crippen molar-refractivity contribution in [2.45, 2.75) is 6.54 Å². The highest BCUT2D eigenvalue weighted by molar-refractivity contribution is 6.42. The van der Waals surface area contributed by atoms with E-state index in [1.807, 2.05) is 36.5 Å². The van der Waals surface area contributed by atoms with E-state index in [-0.39, 0.29) is 5.91 Å². The fourth-order valence-corrected chi connectivity index (χ4v) is 3.18. The molecule has 0 unspecified atom stereocenters. The lowest BCUT2D eigenvalue weighted by Crippen LogP contribution is -2.16. The zero-order chi connectivity index (χ0) is 19.5. The quantitative estimate of drug-likeness (QED) is 0.518. The second kappa shape index (κ2) is 7.88. The molecule has 1 amide bonds. The normalized spacial score (nSPS) is 10.8. The van der Waals surface area contributed by atoms with Crippen LogP contribution in [0.4, 0.5) is 5.82 Å². The van der Waals surface area contributed by atoms with Crippen molar-refractivity contribution >= 4 is 34.9 Å². The van der Waals surface area contributed by atoms with Gasteiger partial charge in [0.25, 0.3) is 5.91 Å². The summed E-state index contributed by atoms with van der Waals surface area (Å²) in [5, 5.41) is 12.3. The first-order valence-electron chi connectivity index (χ1n) is 8.48. The predicted molar refractivity (Wildman–Crippen MR) is 109 cm³/mol. The third-order valence-electron chi connectivity index (χ3n) is 4.19. The molecule has 0 saturated carbocycles. The first-order valence-corrected chi connectivity index (χ1v) is 9.23. The van der Waals surface area contributed by atoms with Gasteiger partial charge in [-0.05, 0) is 35.9 Å². The molecule has 0 radical (unpaired) electrons. The van der Waals surface area contributed by atoms with E-state index in [0.717, 1.165) is 11.3 Å². The molecule has 0 saturated heterocycles. The summed E-state index contributed by atoms with van der Waals surface area (Å²) in [5.41, 5.74) is 2.13. The Morgan fingerprint density at radius 3 is 2.68 bits per heavy atom. The van der Waals surface area contributed by atoms with Crippen LogP contribution in [0, 0.1) is 0 Å². The Bertz CT molecular complexity index is 1120. The molecule has 0 bridgehead atoms. The molecule has 28 heavy (non-hydrogen) atoms. The van der Waals surface area contributed by atoms with Crippen molar-refractivity contribution < 1.29 is 4.79 Å². The zero-order valence-corrected chi connectivity index (χ0v) is 16.1. The van der Waals surface area contributed by atoms with E-state index >= 15 is 0 Å². The maximum absolute atomic E-state index is 12.7. The molecule has 2 heterocycles. The minimum atomic E-state index is -0.243. The van der Waals surface area contributed by atoms with Crippen molar-refractivity contribution in [1.29, 1.82) is 0 Å². The van der Waals surface area contributed by atoms with Gasteiger partial charge in [-0.2, -0.15) is 10.2 Å². The molecule has 0 aliphatic heterocycles. The van der Waals surface area contributed by atoms with Gasteiger partial charge in [0.2, 0.25) is 0 Å². The van der Waals surface area contributed by atoms with E-state index < -0.39 is 0 Å². The summed E-state index contributed by atoms with van der Waals surface area (Å²) in [7, 11) is 0. The van der Waals surface area contributed by atoms with Crippen LogP contribution in [0.1, 0.15) is 15.9 Å². The Morgan fingerprint density at radius 1 is 1.00 bits per heavy atom. The van der Waals surface area contributed by atoms with Gasteiger partial charge in [-0.15, -0.1) is 0 Å². The Morgan fingerprint density at radius 2 is 1.86 bits per heavy atom.